The number of carbonyl (C=O) groups is 3. The van der Waals surface area contributed by atoms with Crippen molar-refractivity contribution >= 4 is 17.7 Å². The number of hydrogen-bond acceptors (Lipinski definition) is 5. The van der Waals surface area contributed by atoms with Gasteiger partial charge in [-0.3, -0.25) is 24.3 Å². The fourth-order valence-electron chi connectivity index (χ4n) is 2.08. The van der Waals surface area contributed by atoms with Crippen LogP contribution >= 0.6 is 0 Å². The predicted molar refractivity (Wildman–Crippen MR) is 75.8 cm³/mol. The lowest BCUT2D eigenvalue weighted by atomic mass is 10.2. The molecule has 7 heteroatoms. The van der Waals surface area contributed by atoms with Crippen LogP contribution in [0.5, 0.6) is 0 Å². The van der Waals surface area contributed by atoms with E-state index in [0.717, 1.165) is 17.9 Å². The molecule has 7 nitrogen and oxygen atoms in total. The SMILES string of the molecule is CN(C)CCCNC(=O)CN1C(=O)c2cccnc2C1=O. The van der Waals surface area contributed by atoms with Crippen molar-refractivity contribution in [3.8, 4) is 0 Å². The normalized spacial score (nSPS) is 13.8. The van der Waals surface area contributed by atoms with Crippen LogP contribution in [0, 0.1) is 0 Å². The Morgan fingerprint density at radius 1 is 1.33 bits per heavy atom. The van der Waals surface area contributed by atoms with Crippen molar-refractivity contribution in [3.05, 3.63) is 29.6 Å². The molecule has 1 aliphatic rings. The molecule has 1 aromatic rings. The van der Waals surface area contributed by atoms with E-state index in [1.807, 2.05) is 19.0 Å². The first-order valence-corrected chi connectivity index (χ1v) is 6.73. The largest absolute Gasteiger partial charge is 0.354 e. The minimum absolute atomic E-state index is 0.114. The molecular weight excluding hydrogens is 272 g/mol. The van der Waals surface area contributed by atoms with Gasteiger partial charge in [-0.15, -0.1) is 0 Å². The van der Waals surface area contributed by atoms with E-state index in [9.17, 15) is 14.4 Å². The number of hydrogen-bond donors (Lipinski definition) is 1. The number of imide groups is 1. The Hall–Kier alpha value is -2.28. The van der Waals surface area contributed by atoms with E-state index in [0.29, 0.717) is 6.54 Å². The van der Waals surface area contributed by atoms with E-state index in [1.54, 1.807) is 6.07 Å². The van der Waals surface area contributed by atoms with Crippen molar-refractivity contribution in [2.45, 2.75) is 6.42 Å². The van der Waals surface area contributed by atoms with Crippen molar-refractivity contribution in [2.24, 2.45) is 0 Å². The molecule has 0 fully saturated rings. The topological polar surface area (TPSA) is 82.6 Å². The van der Waals surface area contributed by atoms with Gasteiger partial charge in [0.15, 0.2) is 0 Å². The van der Waals surface area contributed by atoms with E-state index >= 15 is 0 Å². The summed E-state index contributed by atoms with van der Waals surface area (Å²) in [5.74, 6) is -1.33. The monoisotopic (exact) mass is 290 g/mol. The van der Waals surface area contributed by atoms with Gasteiger partial charge in [-0.05, 0) is 39.2 Å². The van der Waals surface area contributed by atoms with Crippen LogP contribution < -0.4 is 5.32 Å². The molecule has 0 atom stereocenters. The summed E-state index contributed by atoms with van der Waals surface area (Å²) < 4.78 is 0. The van der Waals surface area contributed by atoms with Crippen molar-refractivity contribution in [2.75, 3.05) is 33.7 Å². The van der Waals surface area contributed by atoms with Gasteiger partial charge in [0.2, 0.25) is 5.91 Å². The summed E-state index contributed by atoms with van der Waals surface area (Å²) in [7, 11) is 3.90. The molecule has 0 saturated carbocycles. The van der Waals surface area contributed by atoms with Crippen LogP contribution in [-0.2, 0) is 4.79 Å². The maximum Gasteiger partial charge on any atom is 0.280 e. The molecule has 2 rings (SSSR count). The highest BCUT2D eigenvalue weighted by atomic mass is 16.2. The second kappa shape index (κ2) is 6.45. The molecular formula is C14H18N4O3. The van der Waals surface area contributed by atoms with Crippen molar-refractivity contribution in [3.63, 3.8) is 0 Å². The maximum absolute atomic E-state index is 12.0. The zero-order chi connectivity index (χ0) is 15.4. The number of aromatic nitrogens is 1. The molecule has 21 heavy (non-hydrogen) atoms. The smallest absolute Gasteiger partial charge is 0.280 e. The van der Waals surface area contributed by atoms with Gasteiger partial charge >= 0.3 is 0 Å². The van der Waals surface area contributed by atoms with Gasteiger partial charge in [-0.2, -0.15) is 0 Å². The highest BCUT2D eigenvalue weighted by Gasteiger charge is 2.37. The Kier molecular flexibility index (Phi) is 4.64. The lowest BCUT2D eigenvalue weighted by Gasteiger charge is -2.14. The molecule has 0 bridgehead atoms. The average Bonchev–Trinajstić information content (AvgIpc) is 2.69. The number of nitrogens with one attached hydrogen (secondary N) is 1. The second-order valence-corrected chi connectivity index (χ2v) is 5.10. The molecule has 0 unspecified atom stereocenters. The summed E-state index contributed by atoms with van der Waals surface area (Å²) in [5.41, 5.74) is 0.366. The van der Waals surface area contributed by atoms with Crippen molar-refractivity contribution in [1.29, 1.82) is 0 Å². The third-order valence-electron chi connectivity index (χ3n) is 3.14. The summed E-state index contributed by atoms with van der Waals surface area (Å²) in [5, 5.41) is 2.70. The van der Waals surface area contributed by atoms with Gasteiger partial charge in [0.1, 0.15) is 12.2 Å². The van der Waals surface area contributed by atoms with E-state index in [1.165, 1.54) is 12.3 Å². The molecule has 2 heterocycles. The molecule has 0 radical (unpaired) electrons. The zero-order valence-corrected chi connectivity index (χ0v) is 12.1. The Morgan fingerprint density at radius 2 is 2.10 bits per heavy atom. The third kappa shape index (κ3) is 3.43. The van der Waals surface area contributed by atoms with Crippen LogP contribution in [0.25, 0.3) is 0 Å². The number of carbonyl (C=O) groups excluding carboxylic acids is 3. The Bertz CT molecular complexity index is 536. The second-order valence-electron chi connectivity index (χ2n) is 5.10. The van der Waals surface area contributed by atoms with Crippen LogP contribution in [-0.4, -0.2) is 66.2 Å². The number of amides is 3. The standard InChI is InChI=1S/C14H18N4O3/c1-17(2)8-4-7-15-11(19)9-18-13(20)10-5-3-6-16-12(10)14(18)21/h3,5-6H,4,7-9H2,1-2H3,(H,15,19). The predicted octanol–water partition coefficient (Wildman–Crippen LogP) is -0.254. The molecule has 3 amide bonds. The number of rotatable bonds is 6. The quantitative estimate of drug-likeness (QED) is 0.577. The lowest BCUT2D eigenvalue weighted by molar-refractivity contribution is -0.121. The average molecular weight is 290 g/mol. The number of fused-ring (bicyclic) bond motifs is 1. The van der Waals surface area contributed by atoms with E-state index in [-0.39, 0.29) is 23.7 Å². The molecule has 0 saturated heterocycles. The van der Waals surface area contributed by atoms with E-state index < -0.39 is 11.8 Å². The van der Waals surface area contributed by atoms with Crippen LogP contribution in [0.1, 0.15) is 27.3 Å². The minimum atomic E-state index is -0.515. The van der Waals surface area contributed by atoms with Gasteiger partial charge in [-0.25, -0.2) is 0 Å². The molecule has 0 aromatic carbocycles. The summed E-state index contributed by atoms with van der Waals surface area (Å²) in [6.45, 7) is 1.10. The fourth-order valence-corrected chi connectivity index (χ4v) is 2.08. The molecule has 1 aliphatic heterocycles. The Labute approximate surface area is 122 Å². The Morgan fingerprint density at radius 3 is 2.76 bits per heavy atom. The van der Waals surface area contributed by atoms with Gasteiger partial charge < -0.3 is 10.2 Å². The molecule has 112 valence electrons. The van der Waals surface area contributed by atoms with Crippen molar-refractivity contribution in [1.82, 2.24) is 20.1 Å². The highest BCUT2D eigenvalue weighted by molar-refractivity contribution is 6.21. The van der Waals surface area contributed by atoms with Crippen LogP contribution in [0.4, 0.5) is 0 Å². The van der Waals surface area contributed by atoms with Gasteiger partial charge in [0, 0.05) is 12.7 Å². The lowest BCUT2D eigenvalue weighted by Crippen LogP contribution is -2.41. The summed E-state index contributed by atoms with van der Waals surface area (Å²) in [6, 6.07) is 3.13. The number of nitrogens with zero attached hydrogens (tertiary/aromatic N) is 3. The Balaban J connectivity index is 1.88. The fraction of sp³-hybridized carbons (Fsp3) is 0.429. The van der Waals surface area contributed by atoms with Crippen LogP contribution in [0.2, 0.25) is 0 Å². The summed E-state index contributed by atoms with van der Waals surface area (Å²) in [6.07, 6.45) is 2.26. The van der Waals surface area contributed by atoms with Gasteiger partial charge in [0.05, 0.1) is 5.56 Å². The van der Waals surface area contributed by atoms with E-state index in [2.05, 4.69) is 10.3 Å². The van der Waals surface area contributed by atoms with Crippen LogP contribution in [0.15, 0.2) is 18.3 Å². The first-order chi connectivity index (χ1) is 10.0. The first kappa shape index (κ1) is 15.1. The molecule has 0 aliphatic carbocycles. The molecule has 0 spiro atoms. The summed E-state index contributed by atoms with van der Waals surface area (Å²) in [4.78, 5) is 42.7. The van der Waals surface area contributed by atoms with Crippen molar-refractivity contribution < 1.29 is 14.4 Å². The zero-order valence-electron chi connectivity index (χ0n) is 12.1. The number of pyridine rings is 1. The first-order valence-electron chi connectivity index (χ1n) is 6.73. The summed E-state index contributed by atoms with van der Waals surface area (Å²) >= 11 is 0. The highest BCUT2D eigenvalue weighted by Crippen LogP contribution is 2.19. The minimum Gasteiger partial charge on any atom is -0.354 e. The third-order valence-corrected chi connectivity index (χ3v) is 3.14. The molecule has 1 N–H and O–H groups in total. The van der Waals surface area contributed by atoms with Gasteiger partial charge in [-0.1, -0.05) is 0 Å². The maximum atomic E-state index is 12.0. The van der Waals surface area contributed by atoms with E-state index in [4.69, 9.17) is 0 Å². The molecule has 1 aromatic heterocycles. The van der Waals surface area contributed by atoms with Gasteiger partial charge in [0.25, 0.3) is 11.8 Å². The van der Waals surface area contributed by atoms with Crippen LogP contribution in [0.3, 0.4) is 0 Å².